The molecular weight excluding hydrogens is 183 g/mol. The van der Waals surface area contributed by atoms with Gasteiger partial charge in [0.1, 0.15) is 0 Å². The molecule has 0 rings (SSSR count). The second-order valence-electron chi connectivity index (χ2n) is 0.644. The Hall–Kier alpha value is 0.439. The van der Waals surface area contributed by atoms with Crippen LogP contribution in [0.2, 0.25) is 0 Å². The number of rotatable bonds is 2. The Morgan fingerprint density at radius 3 is 1.43 bits per heavy atom. The maximum absolute atomic E-state index is 9.62. The van der Waals surface area contributed by atoms with Crippen molar-refractivity contribution in [1.82, 2.24) is 0 Å². The third kappa shape index (κ3) is 3.06. The van der Waals surface area contributed by atoms with Gasteiger partial charge in [0.15, 0.2) is 0 Å². The standard InChI is InChI=1S/2CHO.2ClH.Fe/c2*1-2;;;/h2*1H;2*1H;/q;;;;+2/p-2. The van der Waals surface area contributed by atoms with Crippen LogP contribution in [0.15, 0.2) is 0 Å². The van der Waals surface area contributed by atoms with Gasteiger partial charge in [0.2, 0.25) is 0 Å². The van der Waals surface area contributed by atoms with Crippen LogP contribution in [0, 0.1) is 0 Å². The van der Waals surface area contributed by atoms with E-state index in [0.29, 0.717) is 0 Å². The summed E-state index contributed by atoms with van der Waals surface area (Å²) < 4.78 is 0. The maximum atomic E-state index is 9.62. The Kier molecular flexibility index (Phi) is 2.84. The average Bonchev–Trinajstić information content (AvgIpc) is 1.68. The topological polar surface area (TPSA) is 34.1 Å². The SMILES string of the molecule is O=[CH][Fe]([Cl])([Cl])[CH]=O. The van der Waals surface area contributed by atoms with Crippen LogP contribution < -0.4 is 0 Å². The molecule has 0 aliphatic heterocycles. The molecule has 0 saturated heterocycles. The molecule has 0 N–H and O–H groups in total. The molecular formula is C2H2Cl2FeO2. The first kappa shape index (κ1) is 7.44. The molecule has 0 saturated carbocycles. The normalized spacial score (nSPS) is 12.9. The van der Waals surface area contributed by atoms with Crippen molar-refractivity contribution in [3.8, 4) is 0 Å². The van der Waals surface area contributed by atoms with Gasteiger partial charge in [0, 0.05) is 0 Å². The van der Waals surface area contributed by atoms with Gasteiger partial charge in [-0.05, 0) is 0 Å². The van der Waals surface area contributed by atoms with Crippen LogP contribution in [0.25, 0.3) is 0 Å². The van der Waals surface area contributed by atoms with Crippen molar-refractivity contribution >= 4 is 30.6 Å². The van der Waals surface area contributed by atoms with Crippen molar-refractivity contribution in [2.75, 3.05) is 0 Å². The van der Waals surface area contributed by atoms with Crippen LogP contribution in [-0.2, 0) is 20.6 Å². The number of hydrogen-bond acceptors (Lipinski definition) is 2. The first-order chi connectivity index (χ1) is 3.12. The summed E-state index contributed by atoms with van der Waals surface area (Å²) in [6.07, 6.45) is 0. The molecule has 0 aromatic rings. The van der Waals surface area contributed by atoms with Crippen molar-refractivity contribution in [3.05, 3.63) is 0 Å². The summed E-state index contributed by atoms with van der Waals surface area (Å²) in [6.45, 7) is 0. The van der Waals surface area contributed by atoms with Crippen molar-refractivity contribution in [2.24, 2.45) is 0 Å². The van der Waals surface area contributed by atoms with Crippen LogP contribution in [0.1, 0.15) is 0 Å². The predicted octanol–water partition coefficient (Wildman–Crippen LogP) is 0.828. The van der Waals surface area contributed by atoms with Gasteiger partial charge in [0.25, 0.3) is 0 Å². The Morgan fingerprint density at radius 2 is 1.43 bits per heavy atom. The average molecular weight is 185 g/mol. The molecule has 5 heteroatoms. The van der Waals surface area contributed by atoms with Gasteiger partial charge in [-0.15, -0.1) is 0 Å². The first-order valence-electron chi connectivity index (χ1n) is 1.15. The van der Waals surface area contributed by atoms with Crippen LogP contribution in [0.5, 0.6) is 0 Å². The minimum absolute atomic E-state index is 0.281. The molecule has 0 heterocycles. The second kappa shape index (κ2) is 2.68. The van der Waals surface area contributed by atoms with E-state index in [1.165, 1.54) is 0 Å². The Balaban J connectivity index is 3.82. The quantitative estimate of drug-likeness (QED) is 0.471. The fourth-order valence-corrected chi connectivity index (χ4v) is 0.0810. The Bertz CT molecular complexity index is 81.7. The molecule has 0 atom stereocenters. The molecule has 0 amide bonds. The third-order valence-electron chi connectivity index (χ3n) is 0.222. The predicted molar refractivity (Wildman–Crippen MR) is 25.2 cm³/mol. The van der Waals surface area contributed by atoms with Crippen molar-refractivity contribution in [3.63, 3.8) is 0 Å². The monoisotopic (exact) mass is 184 g/mol. The van der Waals surface area contributed by atoms with E-state index in [9.17, 15) is 9.59 Å². The molecule has 0 unspecified atom stereocenters. The van der Waals surface area contributed by atoms with Crippen LogP contribution in [-0.4, -0.2) is 10.4 Å². The molecule has 0 aliphatic rings. The van der Waals surface area contributed by atoms with Crippen LogP contribution >= 0.6 is 20.2 Å². The molecule has 0 radical (unpaired) electrons. The number of hydrogen-bond donors (Lipinski definition) is 0. The zero-order valence-corrected chi connectivity index (χ0v) is 5.70. The third-order valence-corrected chi connectivity index (χ3v) is 1.96. The molecule has 0 aromatic carbocycles. The van der Waals surface area contributed by atoms with Gasteiger partial charge >= 0.3 is 51.2 Å². The first-order valence-corrected chi connectivity index (χ1v) is 5.46. The second-order valence-corrected chi connectivity index (χ2v) is 6.86. The van der Waals surface area contributed by atoms with E-state index < -0.39 is 11.0 Å². The van der Waals surface area contributed by atoms with Crippen LogP contribution in [0.4, 0.5) is 0 Å². The fraction of sp³-hybridized carbons (Fsp3) is 0. The van der Waals surface area contributed by atoms with Gasteiger partial charge in [-0.3, -0.25) is 0 Å². The molecule has 0 fully saturated rings. The van der Waals surface area contributed by atoms with E-state index in [-0.39, 0.29) is 10.4 Å². The van der Waals surface area contributed by atoms with Crippen molar-refractivity contribution < 1.29 is 20.6 Å². The van der Waals surface area contributed by atoms with E-state index in [0.717, 1.165) is 0 Å². The van der Waals surface area contributed by atoms with Gasteiger partial charge in [-0.2, -0.15) is 0 Å². The number of halogens is 2. The van der Waals surface area contributed by atoms with Gasteiger partial charge in [0.05, 0.1) is 0 Å². The summed E-state index contributed by atoms with van der Waals surface area (Å²) in [7, 11) is 10.1. The van der Waals surface area contributed by atoms with Crippen molar-refractivity contribution in [1.29, 1.82) is 0 Å². The number of carbonyl (C=O) groups is 2. The Morgan fingerprint density at radius 1 is 1.14 bits per heavy atom. The Labute approximate surface area is 51.5 Å². The van der Waals surface area contributed by atoms with Gasteiger partial charge in [-0.25, -0.2) is 0 Å². The zero-order valence-electron chi connectivity index (χ0n) is 3.08. The molecule has 2 nitrogen and oxygen atoms in total. The zero-order chi connectivity index (χ0) is 5.91. The van der Waals surface area contributed by atoms with Crippen LogP contribution in [0.3, 0.4) is 0 Å². The number of carbonyl (C=O) groups excluding carboxylic acids is 2. The summed E-state index contributed by atoms with van der Waals surface area (Å²) in [4.78, 5) is 19.2. The van der Waals surface area contributed by atoms with Gasteiger partial charge < -0.3 is 0 Å². The molecule has 7 heavy (non-hydrogen) atoms. The van der Waals surface area contributed by atoms with Crippen molar-refractivity contribution in [2.45, 2.75) is 0 Å². The molecule has 44 valence electrons. The molecule has 0 aromatic heterocycles. The summed E-state index contributed by atoms with van der Waals surface area (Å²) in [5.74, 6) is 0. The van der Waals surface area contributed by atoms with E-state index in [1.54, 1.807) is 0 Å². The summed E-state index contributed by atoms with van der Waals surface area (Å²) in [5, 5.41) is 0.562. The molecule has 0 aliphatic carbocycles. The van der Waals surface area contributed by atoms with E-state index >= 15 is 0 Å². The van der Waals surface area contributed by atoms with E-state index in [2.05, 4.69) is 0 Å². The fourth-order valence-electron chi connectivity index (χ4n) is 0.0196. The minimum atomic E-state index is -2.94. The van der Waals surface area contributed by atoms with E-state index in [4.69, 9.17) is 20.2 Å². The van der Waals surface area contributed by atoms with E-state index in [1.807, 2.05) is 0 Å². The summed E-state index contributed by atoms with van der Waals surface area (Å²) in [5.41, 5.74) is 0. The summed E-state index contributed by atoms with van der Waals surface area (Å²) in [6, 6.07) is 0. The molecule has 0 spiro atoms. The van der Waals surface area contributed by atoms with Gasteiger partial charge in [-0.1, -0.05) is 0 Å². The molecule has 0 bridgehead atoms. The summed E-state index contributed by atoms with van der Waals surface area (Å²) >= 11 is -2.94.